The van der Waals surface area contributed by atoms with Crippen molar-refractivity contribution in [1.29, 1.82) is 0 Å². The molecule has 0 radical (unpaired) electrons. The molecule has 1 saturated heterocycles. The van der Waals surface area contributed by atoms with Gasteiger partial charge in [0.15, 0.2) is 0 Å². The number of anilines is 1. The van der Waals surface area contributed by atoms with E-state index < -0.39 is 0 Å². The summed E-state index contributed by atoms with van der Waals surface area (Å²) in [5.74, 6) is 0.648. The van der Waals surface area contributed by atoms with Crippen molar-refractivity contribution in [2.45, 2.75) is 25.8 Å². The van der Waals surface area contributed by atoms with Crippen LogP contribution in [0.15, 0.2) is 12.3 Å². The van der Waals surface area contributed by atoms with Crippen molar-refractivity contribution >= 4 is 5.82 Å². The molecular weight excluding hydrogens is 174 g/mol. The minimum Gasteiger partial charge on any atom is -0.383 e. The minimum absolute atomic E-state index is 0.543. The largest absolute Gasteiger partial charge is 0.383 e. The highest BCUT2D eigenvalue weighted by Gasteiger charge is 2.22. The number of aromatic nitrogens is 1. The van der Waals surface area contributed by atoms with E-state index in [1.165, 1.54) is 24.9 Å². The van der Waals surface area contributed by atoms with Gasteiger partial charge in [0.1, 0.15) is 5.82 Å². The second-order valence-electron chi connectivity index (χ2n) is 4.11. The molecule has 0 spiro atoms. The van der Waals surface area contributed by atoms with Crippen LogP contribution in [0.4, 0.5) is 5.82 Å². The average molecular weight is 191 g/mol. The van der Waals surface area contributed by atoms with E-state index >= 15 is 0 Å². The Bertz CT molecular complexity index is 335. The highest BCUT2D eigenvalue weighted by Crippen LogP contribution is 2.30. The summed E-state index contributed by atoms with van der Waals surface area (Å²) in [5, 5.41) is 0. The molecule has 0 aliphatic carbocycles. The highest BCUT2D eigenvalue weighted by atomic mass is 15.1. The van der Waals surface area contributed by atoms with Crippen LogP contribution in [-0.2, 0) is 0 Å². The summed E-state index contributed by atoms with van der Waals surface area (Å²) in [4.78, 5) is 6.59. The van der Waals surface area contributed by atoms with Gasteiger partial charge in [0.25, 0.3) is 0 Å². The molecule has 0 amide bonds. The maximum Gasteiger partial charge on any atom is 0.126 e. The van der Waals surface area contributed by atoms with E-state index in [0.29, 0.717) is 11.9 Å². The van der Waals surface area contributed by atoms with E-state index in [-0.39, 0.29) is 0 Å². The van der Waals surface area contributed by atoms with Gasteiger partial charge in [-0.15, -0.1) is 0 Å². The highest BCUT2D eigenvalue weighted by molar-refractivity contribution is 5.40. The quantitative estimate of drug-likeness (QED) is 0.735. The van der Waals surface area contributed by atoms with Crippen molar-refractivity contribution in [1.82, 2.24) is 9.88 Å². The van der Waals surface area contributed by atoms with Gasteiger partial charge in [0.05, 0.1) is 0 Å². The van der Waals surface area contributed by atoms with Gasteiger partial charge in [0.2, 0.25) is 0 Å². The Labute approximate surface area is 84.9 Å². The Morgan fingerprint density at radius 2 is 2.36 bits per heavy atom. The summed E-state index contributed by atoms with van der Waals surface area (Å²) in [7, 11) is 2.17. The van der Waals surface area contributed by atoms with Crippen LogP contribution in [-0.4, -0.2) is 23.5 Å². The molecule has 1 atom stereocenters. The summed E-state index contributed by atoms with van der Waals surface area (Å²) in [5.41, 5.74) is 8.09. The molecule has 2 heterocycles. The Morgan fingerprint density at radius 3 is 2.93 bits per heavy atom. The summed E-state index contributed by atoms with van der Waals surface area (Å²) in [6.45, 7) is 3.20. The third-order valence-electron chi connectivity index (χ3n) is 3.05. The fourth-order valence-corrected chi connectivity index (χ4v) is 2.12. The first kappa shape index (κ1) is 9.46. The van der Waals surface area contributed by atoms with Crippen LogP contribution in [0.5, 0.6) is 0 Å². The van der Waals surface area contributed by atoms with E-state index in [4.69, 9.17) is 5.73 Å². The fraction of sp³-hybridized carbons (Fsp3) is 0.545. The van der Waals surface area contributed by atoms with E-state index in [0.717, 1.165) is 5.56 Å². The van der Waals surface area contributed by atoms with E-state index in [1.807, 2.05) is 13.1 Å². The number of hydrogen-bond acceptors (Lipinski definition) is 3. The third-order valence-corrected chi connectivity index (χ3v) is 3.05. The van der Waals surface area contributed by atoms with Gasteiger partial charge < -0.3 is 5.73 Å². The summed E-state index contributed by atoms with van der Waals surface area (Å²) in [6, 6.07) is 2.70. The number of nitrogens with two attached hydrogens (primary N) is 1. The second kappa shape index (κ2) is 3.58. The molecule has 0 aromatic carbocycles. The van der Waals surface area contributed by atoms with Crippen molar-refractivity contribution in [3.63, 3.8) is 0 Å². The first-order valence-electron chi connectivity index (χ1n) is 5.11. The van der Waals surface area contributed by atoms with Crippen molar-refractivity contribution in [3.05, 3.63) is 23.4 Å². The number of hydrogen-bond donors (Lipinski definition) is 1. The number of rotatable bonds is 1. The lowest BCUT2D eigenvalue weighted by Gasteiger charge is -2.19. The molecule has 2 N–H and O–H groups in total. The molecule has 1 aliphatic rings. The second-order valence-corrected chi connectivity index (χ2v) is 4.11. The molecule has 3 heteroatoms. The summed E-state index contributed by atoms with van der Waals surface area (Å²) >= 11 is 0. The van der Waals surface area contributed by atoms with Crippen LogP contribution in [0, 0.1) is 6.92 Å². The van der Waals surface area contributed by atoms with Crippen LogP contribution in [0.3, 0.4) is 0 Å². The first-order valence-corrected chi connectivity index (χ1v) is 5.11. The molecule has 1 aliphatic heterocycles. The van der Waals surface area contributed by atoms with Crippen LogP contribution in [0.1, 0.15) is 30.0 Å². The van der Waals surface area contributed by atoms with Crippen molar-refractivity contribution < 1.29 is 0 Å². The molecule has 0 saturated carbocycles. The monoisotopic (exact) mass is 191 g/mol. The molecule has 0 bridgehead atoms. The molecule has 1 fully saturated rings. The van der Waals surface area contributed by atoms with Gasteiger partial charge in [-0.2, -0.15) is 0 Å². The third kappa shape index (κ3) is 1.60. The normalized spacial score (nSPS) is 22.9. The molecular formula is C11H17N3. The standard InChI is InChI=1S/C11H17N3/c1-8-6-9(7-13-11(8)12)10-4-3-5-14(10)2/h6-7,10H,3-5H2,1-2H3,(H2,12,13). The first-order chi connectivity index (χ1) is 6.68. The molecule has 3 nitrogen and oxygen atoms in total. The van der Waals surface area contributed by atoms with Gasteiger partial charge in [-0.05, 0) is 50.6 Å². The number of likely N-dealkylation sites (tertiary alicyclic amines) is 1. The Balaban J connectivity index is 2.28. The van der Waals surface area contributed by atoms with E-state index in [2.05, 4.69) is 23.0 Å². The van der Waals surface area contributed by atoms with E-state index in [9.17, 15) is 0 Å². The van der Waals surface area contributed by atoms with Crippen LogP contribution < -0.4 is 5.73 Å². The van der Waals surface area contributed by atoms with Gasteiger partial charge >= 0.3 is 0 Å². The minimum atomic E-state index is 0.543. The van der Waals surface area contributed by atoms with Crippen LogP contribution >= 0.6 is 0 Å². The van der Waals surface area contributed by atoms with Crippen LogP contribution in [0.25, 0.3) is 0 Å². The van der Waals surface area contributed by atoms with Crippen molar-refractivity contribution in [3.8, 4) is 0 Å². The summed E-state index contributed by atoms with van der Waals surface area (Å²) in [6.07, 6.45) is 4.43. The number of nitrogen functional groups attached to an aromatic ring is 1. The zero-order valence-electron chi connectivity index (χ0n) is 8.83. The molecule has 76 valence electrons. The Kier molecular flexibility index (Phi) is 2.42. The predicted octanol–water partition coefficient (Wildman–Crippen LogP) is 1.74. The van der Waals surface area contributed by atoms with Crippen molar-refractivity contribution in [2.75, 3.05) is 19.3 Å². The zero-order valence-corrected chi connectivity index (χ0v) is 8.83. The SMILES string of the molecule is Cc1cc(C2CCCN2C)cnc1N. The smallest absolute Gasteiger partial charge is 0.126 e. The number of aryl methyl sites for hydroxylation is 1. The Morgan fingerprint density at radius 1 is 1.57 bits per heavy atom. The lowest BCUT2D eigenvalue weighted by atomic mass is 10.1. The molecule has 14 heavy (non-hydrogen) atoms. The summed E-state index contributed by atoms with van der Waals surface area (Å²) < 4.78 is 0. The Hall–Kier alpha value is -1.09. The van der Waals surface area contributed by atoms with Gasteiger partial charge in [0, 0.05) is 12.2 Å². The molecule has 1 unspecified atom stereocenters. The topological polar surface area (TPSA) is 42.2 Å². The van der Waals surface area contributed by atoms with E-state index in [1.54, 1.807) is 0 Å². The van der Waals surface area contributed by atoms with Gasteiger partial charge in [-0.1, -0.05) is 0 Å². The molecule has 2 rings (SSSR count). The molecule has 1 aromatic heterocycles. The predicted molar refractivity (Wildman–Crippen MR) is 58.0 cm³/mol. The van der Waals surface area contributed by atoms with Gasteiger partial charge in [-0.25, -0.2) is 4.98 Å². The van der Waals surface area contributed by atoms with Crippen LogP contribution in [0.2, 0.25) is 0 Å². The zero-order chi connectivity index (χ0) is 10.1. The average Bonchev–Trinajstić information content (AvgIpc) is 2.57. The number of pyridine rings is 1. The van der Waals surface area contributed by atoms with Gasteiger partial charge in [-0.3, -0.25) is 4.90 Å². The fourth-order valence-electron chi connectivity index (χ4n) is 2.12. The molecule has 1 aromatic rings. The maximum atomic E-state index is 5.70. The number of nitrogens with zero attached hydrogens (tertiary/aromatic N) is 2. The van der Waals surface area contributed by atoms with Crippen molar-refractivity contribution in [2.24, 2.45) is 0 Å². The lowest BCUT2D eigenvalue weighted by Crippen LogP contribution is -2.17. The lowest BCUT2D eigenvalue weighted by molar-refractivity contribution is 0.317. The maximum absolute atomic E-state index is 5.70.